The Balaban J connectivity index is 1.83. The highest BCUT2D eigenvalue weighted by Gasteiger charge is 2.21. The first kappa shape index (κ1) is 17.5. The minimum Gasteiger partial charge on any atom is -0.439 e. The quantitative estimate of drug-likeness (QED) is 0.605. The fraction of sp³-hybridized carbons (Fsp3) is 0.200. The van der Waals surface area contributed by atoms with E-state index in [4.69, 9.17) is 15.6 Å². The lowest BCUT2D eigenvalue weighted by Gasteiger charge is -2.27. The van der Waals surface area contributed by atoms with Gasteiger partial charge in [0.05, 0.1) is 11.3 Å². The summed E-state index contributed by atoms with van der Waals surface area (Å²) >= 11 is 1.30. The van der Waals surface area contributed by atoms with E-state index in [1.807, 2.05) is 24.3 Å². The molecule has 2 aromatic heterocycles. The van der Waals surface area contributed by atoms with Crippen LogP contribution in [-0.2, 0) is 0 Å². The van der Waals surface area contributed by atoms with Crippen LogP contribution in [-0.4, -0.2) is 31.9 Å². The Morgan fingerprint density at radius 2 is 1.93 bits per heavy atom. The Kier molecular flexibility index (Phi) is 4.55. The second-order valence-electron chi connectivity index (χ2n) is 6.44. The molecule has 3 heterocycles. The zero-order chi connectivity index (χ0) is 19.0. The lowest BCUT2D eigenvalue weighted by Crippen LogP contribution is -2.43. The monoisotopic (exact) mass is 380 g/mol. The highest BCUT2D eigenvalue weighted by Crippen LogP contribution is 2.30. The van der Waals surface area contributed by atoms with Crippen molar-refractivity contribution >= 4 is 38.9 Å². The van der Waals surface area contributed by atoms with Gasteiger partial charge in [-0.15, -0.1) is 11.3 Å². The number of nitrogens with two attached hydrogens (primary N) is 1. The predicted molar refractivity (Wildman–Crippen MR) is 111 cm³/mol. The van der Waals surface area contributed by atoms with Crippen LogP contribution in [0.3, 0.4) is 0 Å². The third-order valence-corrected chi connectivity index (χ3v) is 5.65. The standard InChI is InChI=1S/C20H20N4O2S/c1-12(21)13-4-2-3-5-14(13)18(22)15-11-27-20-16(25)10-17(26-19(15)20)24-8-6-23-7-9-24/h2-5,10-11,22-23H,1,6-9,21H2. The minimum absolute atomic E-state index is 0.0784. The summed E-state index contributed by atoms with van der Waals surface area (Å²) in [6, 6.07) is 8.93. The first-order chi connectivity index (χ1) is 13.1. The highest BCUT2D eigenvalue weighted by atomic mass is 32.1. The molecule has 1 aliphatic heterocycles. The van der Waals surface area contributed by atoms with Crippen molar-refractivity contribution in [2.45, 2.75) is 0 Å². The van der Waals surface area contributed by atoms with E-state index in [0.29, 0.717) is 38.6 Å². The third kappa shape index (κ3) is 3.15. The number of nitrogens with zero attached hydrogens (tertiary/aromatic N) is 1. The van der Waals surface area contributed by atoms with E-state index in [-0.39, 0.29) is 11.1 Å². The Morgan fingerprint density at radius 3 is 2.63 bits per heavy atom. The van der Waals surface area contributed by atoms with Gasteiger partial charge in [0.15, 0.2) is 11.5 Å². The molecule has 1 aromatic carbocycles. The van der Waals surface area contributed by atoms with Crippen molar-refractivity contribution in [3.8, 4) is 0 Å². The van der Waals surface area contributed by atoms with Crippen LogP contribution in [0.1, 0.15) is 16.7 Å². The van der Waals surface area contributed by atoms with E-state index < -0.39 is 0 Å². The lowest BCUT2D eigenvalue weighted by molar-refractivity contribution is 0.521. The van der Waals surface area contributed by atoms with Crippen LogP contribution in [0.2, 0.25) is 0 Å². The van der Waals surface area contributed by atoms with Gasteiger partial charge in [-0.25, -0.2) is 0 Å². The number of nitrogens with one attached hydrogen (secondary N) is 2. The van der Waals surface area contributed by atoms with Crippen molar-refractivity contribution in [1.29, 1.82) is 5.41 Å². The van der Waals surface area contributed by atoms with Crippen LogP contribution < -0.4 is 21.4 Å². The smallest absolute Gasteiger partial charge is 0.204 e. The average molecular weight is 380 g/mol. The normalized spacial score (nSPS) is 14.4. The SMILES string of the molecule is C=C(N)c1ccccc1C(=N)c1csc2c(=O)cc(N3CCNCC3)oc12. The second kappa shape index (κ2) is 7.02. The number of anilines is 1. The maximum Gasteiger partial charge on any atom is 0.204 e. The van der Waals surface area contributed by atoms with E-state index in [2.05, 4.69) is 16.8 Å². The number of hydrogen-bond acceptors (Lipinski definition) is 7. The molecule has 0 spiro atoms. The lowest BCUT2D eigenvalue weighted by atomic mass is 9.97. The fourth-order valence-corrected chi connectivity index (χ4v) is 4.16. The molecule has 6 nitrogen and oxygen atoms in total. The van der Waals surface area contributed by atoms with Crippen LogP contribution in [0.15, 0.2) is 51.5 Å². The van der Waals surface area contributed by atoms with Gasteiger partial charge in [-0.1, -0.05) is 30.8 Å². The molecular weight excluding hydrogens is 360 g/mol. The molecule has 0 aliphatic carbocycles. The minimum atomic E-state index is -0.0784. The van der Waals surface area contributed by atoms with Gasteiger partial charge in [0.25, 0.3) is 0 Å². The molecule has 0 radical (unpaired) electrons. The molecule has 138 valence electrons. The van der Waals surface area contributed by atoms with Gasteiger partial charge in [0.1, 0.15) is 4.70 Å². The zero-order valence-corrected chi connectivity index (χ0v) is 15.6. The molecule has 3 aromatic rings. The van der Waals surface area contributed by atoms with E-state index >= 15 is 0 Å². The molecule has 1 aliphatic rings. The highest BCUT2D eigenvalue weighted by molar-refractivity contribution is 7.17. The van der Waals surface area contributed by atoms with Crippen molar-refractivity contribution < 1.29 is 4.42 Å². The Morgan fingerprint density at radius 1 is 1.22 bits per heavy atom. The molecule has 4 N–H and O–H groups in total. The van der Waals surface area contributed by atoms with Crippen molar-refractivity contribution in [3.63, 3.8) is 0 Å². The van der Waals surface area contributed by atoms with Gasteiger partial charge in [0, 0.05) is 54.4 Å². The molecule has 0 amide bonds. The van der Waals surface area contributed by atoms with Crippen LogP contribution >= 0.6 is 11.3 Å². The number of rotatable bonds is 4. The fourth-order valence-electron chi connectivity index (χ4n) is 3.27. The van der Waals surface area contributed by atoms with E-state index in [1.165, 1.54) is 11.3 Å². The second-order valence-corrected chi connectivity index (χ2v) is 7.32. The molecule has 0 unspecified atom stereocenters. The molecule has 1 saturated heterocycles. The molecule has 1 fully saturated rings. The van der Waals surface area contributed by atoms with Gasteiger partial charge < -0.3 is 20.4 Å². The maximum absolute atomic E-state index is 12.6. The summed E-state index contributed by atoms with van der Waals surface area (Å²) < 4.78 is 6.64. The molecule has 0 atom stereocenters. The molecule has 7 heteroatoms. The Hall–Kier alpha value is -2.90. The van der Waals surface area contributed by atoms with Gasteiger partial charge in [-0.2, -0.15) is 0 Å². The van der Waals surface area contributed by atoms with Crippen LogP contribution in [0.25, 0.3) is 16.0 Å². The van der Waals surface area contributed by atoms with Crippen LogP contribution in [0.5, 0.6) is 0 Å². The van der Waals surface area contributed by atoms with Crippen molar-refractivity contribution in [1.82, 2.24) is 5.32 Å². The molecule has 0 saturated carbocycles. The van der Waals surface area contributed by atoms with Gasteiger partial charge in [0.2, 0.25) is 5.43 Å². The topological polar surface area (TPSA) is 95.3 Å². The van der Waals surface area contributed by atoms with Crippen molar-refractivity contribution in [2.24, 2.45) is 5.73 Å². The summed E-state index contributed by atoms with van der Waals surface area (Å²) in [5.41, 5.74) is 8.91. The van der Waals surface area contributed by atoms with Crippen LogP contribution in [0, 0.1) is 5.41 Å². The maximum atomic E-state index is 12.6. The number of hydrogen-bond donors (Lipinski definition) is 3. The van der Waals surface area contributed by atoms with Gasteiger partial charge in [-0.3, -0.25) is 10.2 Å². The van der Waals surface area contributed by atoms with Crippen molar-refractivity contribution in [2.75, 3.05) is 31.1 Å². The number of thiophene rings is 1. The average Bonchev–Trinajstić information content (AvgIpc) is 3.12. The predicted octanol–water partition coefficient (Wildman–Crippen LogP) is 2.61. The summed E-state index contributed by atoms with van der Waals surface area (Å²) in [5.74, 6) is 0.554. The van der Waals surface area contributed by atoms with Crippen molar-refractivity contribution in [3.05, 3.63) is 69.2 Å². The van der Waals surface area contributed by atoms with Gasteiger partial charge >= 0.3 is 0 Å². The zero-order valence-electron chi connectivity index (χ0n) is 14.7. The van der Waals surface area contributed by atoms with E-state index in [1.54, 1.807) is 11.4 Å². The number of piperazine rings is 1. The Bertz CT molecular complexity index is 1090. The van der Waals surface area contributed by atoms with E-state index in [9.17, 15) is 4.79 Å². The first-order valence-electron chi connectivity index (χ1n) is 8.70. The molecule has 4 rings (SSSR count). The Labute approximate surface area is 160 Å². The van der Waals surface area contributed by atoms with E-state index in [0.717, 1.165) is 26.2 Å². The molecule has 27 heavy (non-hydrogen) atoms. The molecular formula is C20H20N4O2S. The summed E-state index contributed by atoms with van der Waals surface area (Å²) in [6.45, 7) is 7.05. The van der Waals surface area contributed by atoms with Crippen LogP contribution in [0.4, 0.5) is 5.88 Å². The third-order valence-electron chi connectivity index (χ3n) is 4.67. The first-order valence-corrected chi connectivity index (χ1v) is 9.58. The summed E-state index contributed by atoms with van der Waals surface area (Å²) in [5, 5.41) is 13.8. The molecule has 0 bridgehead atoms. The number of benzene rings is 1. The summed E-state index contributed by atoms with van der Waals surface area (Å²) in [7, 11) is 0. The largest absolute Gasteiger partial charge is 0.439 e. The summed E-state index contributed by atoms with van der Waals surface area (Å²) in [6.07, 6.45) is 0. The number of fused-ring (bicyclic) bond motifs is 1. The summed E-state index contributed by atoms with van der Waals surface area (Å²) in [4.78, 5) is 14.6. The van der Waals surface area contributed by atoms with Gasteiger partial charge in [-0.05, 0) is 0 Å².